The molecule has 8 heteroatoms. The molecule has 0 amide bonds. The molecule has 22 heavy (non-hydrogen) atoms. The molecule has 2 aromatic rings. The van der Waals surface area contributed by atoms with Crippen molar-refractivity contribution in [3.8, 4) is 0 Å². The van der Waals surface area contributed by atoms with Gasteiger partial charge in [0.15, 0.2) is 11.5 Å². The molecule has 116 valence electrons. The van der Waals surface area contributed by atoms with Gasteiger partial charge in [-0.3, -0.25) is 15.7 Å². The number of amidine groups is 1. The van der Waals surface area contributed by atoms with E-state index in [9.17, 15) is 5.21 Å². The lowest BCUT2D eigenvalue weighted by atomic mass is 10.2. The van der Waals surface area contributed by atoms with Crippen LogP contribution in [0.4, 0.5) is 5.82 Å². The molecule has 0 unspecified atom stereocenters. The highest BCUT2D eigenvalue weighted by Gasteiger charge is 2.23. The lowest BCUT2D eigenvalue weighted by Gasteiger charge is -2.26. The van der Waals surface area contributed by atoms with Crippen LogP contribution in [0.25, 0.3) is 0 Å². The number of hydrogen-bond acceptors (Lipinski definition) is 7. The van der Waals surface area contributed by atoms with E-state index < -0.39 is 0 Å². The van der Waals surface area contributed by atoms with Crippen molar-refractivity contribution in [2.24, 2.45) is 4.99 Å². The average molecular weight is 303 g/mol. The van der Waals surface area contributed by atoms with Gasteiger partial charge in [-0.1, -0.05) is 30.3 Å². The maximum atomic E-state index is 9.37. The maximum absolute atomic E-state index is 9.37. The molecule has 0 bridgehead atoms. The third kappa shape index (κ3) is 3.23. The van der Waals surface area contributed by atoms with Gasteiger partial charge in [-0.25, -0.2) is 4.63 Å². The fourth-order valence-corrected chi connectivity index (χ4v) is 2.23. The first-order valence-electron chi connectivity index (χ1n) is 7.02. The fraction of sp³-hybridized carbons (Fsp3) is 0.357. The summed E-state index contributed by atoms with van der Waals surface area (Å²) in [4.78, 5) is 6.34. The van der Waals surface area contributed by atoms with Crippen LogP contribution in [0, 0.1) is 0 Å². The summed E-state index contributed by atoms with van der Waals surface area (Å²) in [6, 6.07) is 9.74. The first kappa shape index (κ1) is 14.5. The van der Waals surface area contributed by atoms with Gasteiger partial charge in [0, 0.05) is 13.1 Å². The number of morpholine rings is 1. The molecule has 1 saturated heterocycles. The van der Waals surface area contributed by atoms with Crippen molar-refractivity contribution in [1.29, 1.82) is 0 Å². The van der Waals surface area contributed by atoms with E-state index in [1.165, 1.54) is 0 Å². The van der Waals surface area contributed by atoms with Gasteiger partial charge in [0.2, 0.25) is 5.82 Å². The monoisotopic (exact) mass is 303 g/mol. The molecule has 1 aromatic heterocycles. The first-order valence-corrected chi connectivity index (χ1v) is 7.02. The van der Waals surface area contributed by atoms with E-state index in [1.54, 1.807) is 0 Å². The molecule has 0 radical (unpaired) electrons. The molecule has 2 N–H and O–H groups in total. The molecular weight excluding hydrogens is 286 g/mol. The standard InChI is InChI=1S/C14H17N5O3/c20-16-13(15-10-11-4-2-1-3-5-11)12-14(18-22-17-12)19-6-8-21-9-7-19/h1-5,20H,6-10H2,(H,15,16). The summed E-state index contributed by atoms with van der Waals surface area (Å²) in [7, 11) is 0. The summed E-state index contributed by atoms with van der Waals surface area (Å²) >= 11 is 0. The summed E-state index contributed by atoms with van der Waals surface area (Å²) < 4.78 is 10.1. The quantitative estimate of drug-likeness (QED) is 0.490. The maximum Gasteiger partial charge on any atom is 0.205 e. The van der Waals surface area contributed by atoms with Crippen molar-refractivity contribution in [3.63, 3.8) is 0 Å². The fourth-order valence-electron chi connectivity index (χ4n) is 2.23. The zero-order chi connectivity index (χ0) is 15.2. The van der Waals surface area contributed by atoms with Crippen molar-refractivity contribution in [3.05, 3.63) is 41.6 Å². The van der Waals surface area contributed by atoms with Gasteiger partial charge < -0.3 is 9.64 Å². The van der Waals surface area contributed by atoms with E-state index in [4.69, 9.17) is 9.37 Å². The Kier molecular flexibility index (Phi) is 4.62. The summed E-state index contributed by atoms with van der Waals surface area (Å²) in [6.45, 7) is 3.04. The number of aromatic nitrogens is 2. The van der Waals surface area contributed by atoms with Crippen molar-refractivity contribution < 1.29 is 14.6 Å². The highest BCUT2D eigenvalue weighted by molar-refractivity contribution is 6.00. The Balaban J connectivity index is 1.80. The van der Waals surface area contributed by atoms with Crippen LogP contribution in [-0.2, 0) is 11.3 Å². The highest BCUT2D eigenvalue weighted by atomic mass is 16.6. The van der Waals surface area contributed by atoms with Crippen LogP contribution in [0.3, 0.4) is 0 Å². The van der Waals surface area contributed by atoms with Gasteiger partial charge in [-0.2, -0.15) is 0 Å². The van der Waals surface area contributed by atoms with E-state index in [1.807, 2.05) is 35.2 Å². The highest BCUT2D eigenvalue weighted by Crippen LogP contribution is 2.17. The van der Waals surface area contributed by atoms with Crippen LogP contribution in [0.1, 0.15) is 11.3 Å². The number of rotatable bonds is 4. The van der Waals surface area contributed by atoms with E-state index in [0.717, 1.165) is 5.56 Å². The third-order valence-corrected chi connectivity index (χ3v) is 3.37. The van der Waals surface area contributed by atoms with Crippen LogP contribution in [0.2, 0.25) is 0 Å². The smallest absolute Gasteiger partial charge is 0.205 e. The van der Waals surface area contributed by atoms with Gasteiger partial charge in [-0.15, -0.1) is 0 Å². The number of benzene rings is 1. The minimum Gasteiger partial charge on any atom is -0.378 e. The van der Waals surface area contributed by atoms with Crippen molar-refractivity contribution in [2.45, 2.75) is 6.54 Å². The number of nitrogens with one attached hydrogen (secondary N) is 1. The molecule has 0 saturated carbocycles. The number of ether oxygens (including phenoxy) is 1. The van der Waals surface area contributed by atoms with Gasteiger partial charge in [0.05, 0.1) is 19.8 Å². The third-order valence-electron chi connectivity index (χ3n) is 3.37. The molecule has 1 aromatic carbocycles. The molecule has 1 aliphatic heterocycles. The lowest BCUT2D eigenvalue weighted by Crippen LogP contribution is -2.38. The van der Waals surface area contributed by atoms with Crippen molar-refractivity contribution >= 4 is 11.7 Å². The molecule has 0 spiro atoms. The van der Waals surface area contributed by atoms with Crippen LogP contribution in [-0.4, -0.2) is 47.7 Å². The zero-order valence-electron chi connectivity index (χ0n) is 12.0. The first-order chi connectivity index (χ1) is 10.9. The normalized spacial score (nSPS) is 15.9. The van der Waals surface area contributed by atoms with Crippen LogP contribution >= 0.6 is 0 Å². The van der Waals surface area contributed by atoms with E-state index in [-0.39, 0.29) is 5.84 Å². The second-order valence-electron chi connectivity index (χ2n) is 4.80. The summed E-state index contributed by atoms with van der Waals surface area (Å²) in [5.41, 5.74) is 3.50. The predicted molar refractivity (Wildman–Crippen MR) is 78.9 cm³/mol. The summed E-state index contributed by atoms with van der Waals surface area (Å²) in [5.74, 6) is 0.781. The summed E-state index contributed by atoms with van der Waals surface area (Å²) in [6.07, 6.45) is 0. The predicted octanol–water partition coefficient (Wildman–Crippen LogP) is 0.832. The number of aliphatic imine (C=N–C) groups is 1. The van der Waals surface area contributed by atoms with Crippen LogP contribution in [0.15, 0.2) is 40.0 Å². The number of nitrogens with zero attached hydrogens (tertiary/aromatic N) is 4. The molecule has 1 fully saturated rings. The van der Waals surface area contributed by atoms with E-state index in [2.05, 4.69) is 20.8 Å². The Morgan fingerprint density at radius 3 is 2.73 bits per heavy atom. The average Bonchev–Trinajstić information content (AvgIpc) is 3.07. The van der Waals surface area contributed by atoms with Gasteiger partial charge in [0.1, 0.15) is 0 Å². The molecule has 8 nitrogen and oxygen atoms in total. The zero-order valence-corrected chi connectivity index (χ0v) is 12.0. The van der Waals surface area contributed by atoms with Crippen LogP contribution < -0.4 is 10.4 Å². The topological polar surface area (TPSA) is 96.0 Å². The molecule has 0 aliphatic carbocycles. The molecule has 2 heterocycles. The second-order valence-corrected chi connectivity index (χ2v) is 4.80. The van der Waals surface area contributed by atoms with Crippen LogP contribution in [0.5, 0.6) is 0 Å². The molecule has 0 atom stereocenters. The van der Waals surface area contributed by atoms with Gasteiger partial charge in [-0.05, 0) is 15.9 Å². The van der Waals surface area contributed by atoms with Crippen molar-refractivity contribution in [2.75, 3.05) is 31.2 Å². The molecule has 3 rings (SSSR count). The Bertz CT molecular complexity index is 622. The Labute approximate surface area is 127 Å². The Hall–Kier alpha value is -2.45. The molecular formula is C14H17N5O3. The van der Waals surface area contributed by atoms with Gasteiger partial charge in [0.25, 0.3) is 0 Å². The lowest BCUT2D eigenvalue weighted by molar-refractivity contribution is 0.122. The SMILES string of the molecule is ONC(=NCc1ccccc1)c1nonc1N1CCOCC1. The van der Waals surface area contributed by atoms with E-state index >= 15 is 0 Å². The minimum atomic E-state index is 0.228. The largest absolute Gasteiger partial charge is 0.378 e. The number of anilines is 1. The molecule has 1 aliphatic rings. The number of hydrogen-bond donors (Lipinski definition) is 2. The minimum absolute atomic E-state index is 0.228. The summed E-state index contributed by atoms with van der Waals surface area (Å²) in [5, 5.41) is 17.1. The Morgan fingerprint density at radius 1 is 1.23 bits per heavy atom. The Morgan fingerprint density at radius 2 is 2.00 bits per heavy atom. The second kappa shape index (κ2) is 7.01. The number of hydroxylamine groups is 1. The van der Waals surface area contributed by atoms with E-state index in [0.29, 0.717) is 44.4 Å². The van der Waals surface area contributed by atoms with Gasteiger partial charge >= 0.3 is 0 Å². The van der Waals surface area contributed by atoms with Crippen molar-refractivity contribution in [1.82, 2.24) is 15.8 Å².